The van der Waals surface area contributed by atoms with E-state index in [1.54, 1.807) is 31.1 Å². The Hall–Kier alpha value is -1.53. The summed E-state index contributed by atoms with van der Waals surface area (Å²) in [5.74, 6) is 0.428. The topological polar surface area (TPSA) is 59.4 Å². The maximum absolute atomic E-state index is 10.8. The van der Waals surface area contributed by atoms with Crippen molar-refractivity contribution in [2.75, 3.05) is 7.11 Å². The molecule has 0 aliphatic heterocycles. The minimum Gasteiger partial charge on any atom is -0.481 e. The summed E-state index contributed by atoms with van der Waals surface area (Å²) in [5, 5.41) is 10.7. The number of thioether (sulfide) groups is 1. The normalized spacial score (nSPS) is 10.3. The van der Waals surface area contributed by atoms with Crippen molar-refractivity contribution in [3.05, 3.63) is 40.2 Å². The highest BCUT2D eigenvalue weighted by Crippen LogP contribution is 2.29. The Kier molecular flexibility index (Phi) is 4.22. The predicted octanol–water partition coefficient (Wildman–Crippen LogP) is 3.14. The Bertz CT molecular complexity index is 554. The second kappa shape index (κ2) is 5.88. The van der Waals surface area contributed by atoms with Gasteiger partial charge in [0, 0.05) is 27.8 Å². The van der Waals surface area contributed by atoms with Gasteiger partial charge in [-0.05, 0) is 12.1 Å². The average Bonchev–Trinajstić information content (AvgIpc) is 2.85. The van der Waals surface area contributed by atoms with Crippen LogP contribution in [0.25, 0.3) is 0 Å². The van der Waals surface area contributed by atoms with Gasteiger partial charge >= 0.3 is 5.97 Å². The van der Waals surface area contributed by atoms with E-state index in [9.17, 15) is 4.79 Å². The molecule has 0 aromatic carbocycles. The van der Waals surface area contributed by atoms with E-state index in [2.05, 4.69) is 4.98 Å². The molecule has 4 nitrogen and oxygen atoms in total. The zero-order valence-electron chi connectivity index (χ0n) is 9.62. The molecule has 94 valence electrons. The molecule has 2 aromatic heterocycles. The molecule has 0 amide bonds. The fourth-order valence-electron chi connectivity index (χ4n) is 1.39. The van der Waals surface area contributed by atoms with Gasteiger partial charge in [0.15, 0.2) is 0 Å². The first-order valence-electron chi connectivity index (χ1n) is 5.13. The summed E-state index contributed by atoms with van der Waals surface area (Å²) >= 11 is 2.80. The van der Waals surface area contributed by atoms with E-state index in [0.29, 0.717) is 16.5 Å². The van der Waals surface area contributed by atoms with E-state index in [1.165, 1.54) is 11.3 Å². The number of hydrogen-bond donors (Lipinski definition) is 1. The van der Waals surface area contributed by atoms with Gasteiger partial charge in [-0.1, -0.05) is 6.07 Å². The summed E-state index contributed by atoms with van der Waals surface area (Å²) in [6.07, 6.45) is 1.68. The molecule has 0 radical (unpaired) electrons. The van der Waals surface area contributed by atoms with E-state index in [0.717, 1.165) is 10.5 Å². The molecule has 2 aromatic rings. The first-order valence-corrected chi connectivity index (χ1v) is 6.99. The highest BCUT2D eigenvalue weighted by Gasteiger charge is 2.09. The van der Waals surface area contributed by atoms with Crippen LogP contribution in [0.2, 0.25) is 0 Å². The van der Waals surface area contributed by atoms with Crippen LogP contribution in [0, 0.1) is 0 Å². The summed E-state index contributed by atoms with van der Waals surface area (Å²) in [6.45, 7) is 0. The van der Waals surface area contributed by atoms with Crippen molar-refractivity contribution < 1.29 is 14.6 Å². The standard InChI is InChI=1S/C12H11NO3S2/c1-16-11-8(3-2-4-13-11)6-17-9-5-10(12(14)15)18-7-9/h2-5,7H,6H2,1H3,(H,14,15). The Morgan fingerprint density at radius 2 is 2.44 bits per heavy atom. The number of aromatic nitrogens is 1. The lowest BCUT2D eigenvalue weighted by molar-refractivity contribution is 0.0702. The number of carboxylic acid groups (broad SMARTS) is 1. The molecule has 0 spiro atoms. The van der Waals surface area contributed by atoms with E-state index < -0.39 is 5.97 Å². The summed E-state index contributed by atoms with van der Waals surface area (Å²) in [4.78, 5) is 16.2. The maximum atomic E-state index is 10.8. The first kappa shape index (κ1) is 12.9. The van der Waals surface area contributed by atoms with Crippen molar-refractivity contribution in [1.82, 2.24) is 4.98 Å². The molecule has 6 heteroatoms. The van der Waals surface area contributed by atoms with Crippen LogP contribution in [-0.2, 0) is 5.75 Å². The van der Waals surface area contributed by atoms with Crippen molar-refractivity contribution >= 4 is 29.1 Å². The summed E-state index contributed by atoms with van der Waals surface area (Å²) in [7, 11) is 1.59. The molecule has 0 unspecified atom stereocenters. The zero-order valence-corrected chi connectivity index (χ0v) is 11.3. The van der Waals surface area contributed by atoms with Crippen LogP contribution in [0.1, 0.15) is 15.2 Å². The van der Waals surface area contributed by atoms with Crippen LogP contribution >= 0.6 is 23.1 Å². The van der Waals surface area contributed by atoms with E-state index in [4.69, 9.17) is 9.84 Å². The van der Waals surface area contributed by atoms with Gasteiger partial charge in [-0.3, -0.25) is 0 Å². The van der Waals surface area contributed by atoms with Crippen LogP contribution in [0.15, 0.2) is 34.7 Å². The van der Waals surface area contributed by atoms with Gasteiger partial charge in [0.2, 0.25) is 5.88 Å². The number of ether oxygens (including phenoxy) is 1. The molecule has 0 aliphatic rings. The number of carboxylic acids is 1. The van der Waals surface area contributed by atoms with Crippen molar-refractivity contribution in [2.45, 2.75) is 10.6 Å². The van der Waals surface area contributed by atoms with Crippen LogP contribution in [-0.4, -0.2) is 23.2 Å². The molecule has 0 atom stereocenters. The van der Waals surface area contributed by atoms with Crippen molar-refractivity contribution in [3.8, 4) is 5.88 Å². The van der Waals surface area contributed by atoms with Gasteiger partial charge in [-0.2, -0.15) is 0 Å². The van der Waals surface area contributed by atoms with Gasteiger partial charge in [0.05, 0.1) is 7.11 Å². The van der Waals surface area contributed by atoms with Gasteiger partial charge in [-0.15, -0.1) is 23.1 Å². The van der Waals surface area contributed by atoms with Crippen LogP contribution in [0.4, 0.5) is 0 Å². The first-order chi connectivity index (χ1) is 8.70. The van der Waals surface area contributed by atoms with E-state index in [1.807, 2.05) is 17.5 Å². The minimum atomic E-state index is -0.884. The van der Waals surface area contributed by atoms with Crippen molar-refractivity contribution in [3.63, 3.8) is 0 Å². The maximum Gasteiger partial charge on any atom is 0.345 e. The Labute approximate surface area is 113 Å². The van der Waals surface area contributed by atoms with Gasteiger partial charge < -0.3 is 9.84 Å². The minimum absolute atomic E-state index is 0.357. The molecule has 0 saturated carbocycles. The Morgan fingerprint density at radius 3 is 3.11 bits per heavy atom. The molecular formula is C12H11NO3S2. The highest BCUT2D eigenvalue weighted by atomic mass is 32.2. The van der Waals surface area contributed by atoms with Crippen LogP contribution < -0.4 is 4.74 Å². The molecule has 1 N–H and O–H groups in total. The fourth-order valence-corrected chi connectivity index (χ4v) is 3.23. The lowest BCUT2D eigenvalue weighted by Crippen LogP contribution is -1.92. The largest absolute Gasteiger partial charge is 0.481 e. The van der Waals surface area contributed by atoms with Gasteiger partial charge in [0.25, 0.3) is 0 Å². The number of hydrogen-bond acceptors (Lipinski definition) is 5. The lowest BCUT2D eigenvalue weighted by atomic mass is 10.3. The number of aromatic carboxylic acids is 1. The number of nitrogens with zero attached hydrogens (tertiary/aromatic N) is 1. The van der Waals surface area contributed by atoms with Crippen molar-refractivity contribution in [2.24, 2.45) is 0 Å². The monoisotopic (exact) mass is 281 g/mol. The number of methoxy groups -OCH3 is 1. The molecule has 0 aliphatic carbocycles. The molecular weight excluding hydrogens is 270 g/mol. The van der Waals surface area contributed by atoms with Crippen LogP contribution in [0.3, 0.4) is 0 Å². The summed E-state index contributed by atoms with van der Waals surface area (Å²) in [6, 6.07) is 5.48. The fraction of sp³-hybridized carbons (Fsp3) is 0.167. The average molecular weight is 281 g/mol. The lowest BCUT2D eigenvalue weighted by Gasteiger charge is -2.05. The highest BCUT2D eigenvalue weighted by molar-refractivity contribution is 7.98. The Balaban J connectivity index is 2.04. The van der Waals surface area contributed by atoms with E-state index in [-0.39, 0.29) is 0 Å². The van der Waals surface area contributed by atoms with Gasteiger partial charge in [0.1, 0.15) is 4.88 Å². The zero-order chi connectivity index (χ0) is 13.0. The molecule has 0 fully saturated rings. The number of rotatable bonds is 5. The molecule has 0 bridgehead atoms. The molecule has 18 heavy (non-hydrogen) atoms. The predicted molar refractivity (Wildman–Crippen MR) is 71.6 cm³/mol. The third kappa shape index (κ3) is 3.02. The summed E-state index contributed by atoms with van der Waals surface area (Å²) < 4.78 is 5.16. The second-order valence-corrected chi connectivity index (χ2v) is 5.37. The molecule has 2 rings (SSSR count). The third-order valence-corrected chi connectivity index (χ3v) is 4.32. The molecule has 2 heterocycles. The second-order valence-electron chi connectivity index (χ2n) is 3.41. The SMILES string of the molecule is COc1ncccc1CSc1csc(C(=O)O)c1. The van der Waals surface area contributed by atoms with Gasteiger partial charge in [-0.25, -0.2) is 9.78 Å². The number of carbonyl (C=O) groups is 1. The molecule has 0 saturated heterocycles. The Morgan fingerprint density at radius 1 is 1.61 bits per heavy atom. The van der Waals surface area contributed by atoms with Crippen LogP contribution in [0.5, 0.6) is 5.88 Å². The van der Waals surface area contributed by atoms with Crippen molar-refractivity contribution in [1.29, 1.82) is 0 Å². The third-order valence-electron chi connectivity index (χ3n) is 2.22. The smallest absolute Gasteiger partial charge is 0.345 e. The summed E-state index contributed by atoms with van der Waals surface area (Å²) in [5.41, 5.74) is 0.994. The van der Waals surface area contributed by atoms with E-state index >= 15 is 0 Å². The number of pyridine rings is 1. The quantitative estimate of drug-likeness (QED) is 0.853. The number of thiophene rings is 1.